The van der Waals surface area contributed by atoms with Crippen LogP contribution in [0.4, 0.5) is 0 Å². The SMILES string of the molecule is CCCOC(=O)C1=CC(=C=O)CC=C1OCCC. The Kier molecular flexibility index (Phi) is 5.95. The summed E-state index contributed by atoms with van der Waals surface area (Å²) in [4.78, 5) is 22.5. The van der Waals surface area contributed by atoms with E-state index in [-0.39, 0.29) is 0 Å². The molecule has 1 rings (SSSR count). The summed E-state index contributed by atoms with van der Waals surface area (Å²) >= 11 is 0. The summed E-state index contributed by atoms with van der Waals surface area (Å²) in [6, 6.07) is 0. The van der Waals surface area contributed by atoms with Gasteiger partial charge in [-0.15, -0.1) is 0 Å². The normalized spacial score (nSPS) is 14.4. The van der Waals surface area contributed by atoms with E-state index >= 15 is 0 Å². The van der Waals surface area contributed by atoms with Gasteiger partial charge in [-0.2, -0.15) is 0 Å². The fraction of sp³-hybridized carbons (Fsp3) is 0.500. The lowest BCUT2D eigenvalue weighted by Crippen LogP contribution is -2.15. The number of allylic oxidation sites excluding steroid dienone is 3. The van der Waals surface area contributed by atoms with Crippen molar-refractivity contribution in [1.82, 2.24) is 0 Å². The van der Waals surface area contributed by atoms with Crippen molar-refractivity contribution in [2.45, 2.75) is 33.1 Å². The molecule has 0 atom stereocenters. The molecule has 0 amide bonds. The van der Waals surface area contributed by atoms with Gasteiger partial charge in [-0.1, -0.05) is 13.8 Å². The van der Waals surface area contributed by atoms with Crippen molar-refractivity contribution in [1.29, 1.82) is 0 Å². The molecule has 0 aromatic heterocycles. The molecule has 1 aliphatic rings. The fourth-order valence-corrected chi connectivity index (χ4v) is 1.47. The van der Waals surface area contributed by atoms with E-state index in [4.69, 9.17) is 9.47 Å². The first kappa shape index (κ1) is 14.3. The van der Waals surface area contributed by atoms with Gasteiger partial charge in [0.1, 0.15) is 17.3 Å². The first-order valence-corrected chi connectivity index (χ1v) is 6.19. The maximum Gasteiger partial charge on any atom is 0.341 e. The van der Waals surface area contributed by atoms with Crippen LogP contribution < -0.4 is 0 Å². The van der Waals surface area contributed by atoms with Crippen molar-refractivity contribution in [3.63, 3.8) is 0 Å². The summed E-state index contributed by atoms with van der Waals surface area (Å²) in [7, 11) is 0. The van der Waals surface area contributed by atoms with E-state index in [0.717, 1.165) is 12.8 Å². The molecule has 0 fully saturated rings. The molecule has 4 heteroatoms. The van der Waals surface area contributed by atoms with Gasteiger partial charge in [0.05, 0.1) is 13.2 Å². The van der Waals surface area contributed by atoms with Gasteiger partial charge in [0.15, 0.2) is 0 Å². The van der Waals surface area contributed by atoms with E-state index in [1.807, 2.05) is 13.8 Å². The van der Waals surface area contributed by atoms with E-state index in [1.54, 1.807) is 12.0 Å². The number of carbonyl (C=O) groups is 1. The molecule has 1 aliphatic carbocycles. The average molecular weight is 250 g/mol. The molecule has 18 heavy (non-hydrogen) atoms. The smallest absolute Gasteiger partial charge is 0.341 e. The molecule has 0 unspecified atom stereocenters. The summed E-state index contributed by atoms with van der Waals surface area (Å²) in [5.41, 5.74) is 0.740. The highest BCUT2D eigenvalue weighted by atomic mass is 16.5. The summed E-state index contributed by atoms with van der Waals surface area (Å²) in [6.07, 6.45) is 5.26. The van der Waals surface area contributed by atoms with Gasteiger partial charge in [0, 0.05) is 12.0 Å². The second-order valence-corrected chi connectivity index (χ2v) is 3.94. The maximum absolute atomic E-state index is 11.8. The largest absolute Gasteiger partial charge is 0.493 e. The summed E-state index contributed by atoms with van der Waals surface area (Å²) in [5.74, 6) is 1.85. The Hall–Kier alpha value is -1.80. The zero-order valence-corrected chi connectivity index (χ0v) is 10.8. The van der Waals surface area contributed by atoms with E-state index in [2.05, 4.69) is 0 Å². The number of hydrogen-bond acceptors (Lipinski definition) is 4. The third-order valence-corrected chi connectivity index (χ3v) is 2.34. The number of carbonyl (C=O) groups excluding carboxylic acids is 2. The standard InChI is InChI=1S/C14H18O4/c1-3-7-17-13-6-5-11(10-15)9-12(13)14(16)18-8-4-2/h6,9H,3-5,7-8H2,1-2H3. The highest BCUT2D eigenvalue weighted by Gasteiger charge is 2.21. The molecule has 0 saturated carbocycles. The Bertz CT molecular complexity index is 412. The molecule has 0 aromatic rings. The number of esters is 1. The summed E-state index contributed by atoms with van der Waals surface area (Å²) in [5, 5.41) is 0. The van der Waals surface area contributed by atoms with Crippen LogP contribution in [0.3, 0.4) is 0 Å². The van der Waals surface area contributed by atoms with Crippen molar-refractivity contribution < 1.29 is 19.1 Å². The molecule has 0 heterocycles. The lowest BCUT2D eigenvalue weighted by molar-refractivity contribution is -0.139. The van der Waals surface area contributed by atoms with Gasteiger partial charge in [-0.05, 0) is 25.0 Å². The molecular formula is C14H18O4. The molecule has 0 bridgehead atoms. The summed E-state index contributed by atoms with van der Waals surface area (Å²) in [6.45, 7) is 4.80. The topological polar surface area (TPSA) is 52.6 Å². The van der Waals surface area contributed by atoms with Gasteiger partial charge in [-0.3, -0.25) is 0 Å². The first-order valence-electron chi connectivity index (χ1n) is 6.19. The van der Waals surface area contributed by atoms with Crippen molar-refractivity contribution in [3.05, 3.63) is 29.1 Å². The molecule has 4 nitrogen and oxygen atoms in total. The number of hydrogen-bond donors (Lipinski definition) is 0. The van der Waals surface area contributed by atoms with Crippen molar-refractivity contribution in [3.8, 4) is 0 Å². The number of rotatable bonds is 6. The Morgan fingerprint density at radius 1 is 1.33 bits per heavy atom. The van der Waals surface area contributed by atoms with Crippen LogP contribution in [0.5, 0.6) is 0 Å². The minimum absolute atomic E-state index is 0.307. The third kappa shape index (κ3) is 3.90. The molecule has 0 spiro atoms. The second kappa shape index (κ2) is 7.51. The molecule has 0 aromatic carbocycles. The lowest BCUT2D eigenvalue weighted by Gasteiger charge is -2.16. The van der Waals surface area contributed by atoms with Gasteiger partial charge in [-0.25, -0.2) is 9.59 Å². The van der Waals surface area contributed by atoms with Crippen LogP contribution in [0.2, 0.25) is 0 Å². The van der Waals surface area contributed by atoms with E-state index < -0.39 is 5.97 Å². The molecule has 0 saturated heterocycles. The van der Waals surface area contributed by atoms with Crippen LogP contribution >= 0.6 is 0 Å². The molecule has 0 aliphatic heterocycles. The minimum atomic E-state index is -0.452. The van der Waals surface area contributed by atoms with Gasteiger partial charge in [0.2, 0.25) is 0 Å². The first-order chi connectivity index (χ1) is 8.72. The maximum atomic E-state index is 11.8. The van der Waals surface area contributed by atoms with Crippen LogP contribution in [-0.2, 0) is 19.1 Å². The second-order valence-electron chi connectivity index (χ2n) is 3.94. The zero-order valence-electron chi connectivity index (χ0n) is 10.8. The summed E-state index contributed by atoms with van der Waals surface area (Å²) < 4.78 is 10.6. The Morgan fingerprint density at radius 2 is 2.06 bits per heavy atom. The van der Waals surface area contributed by atoms with Crippen LogP contribution in [0.15, 0.2) is 29.1 Å². The van der Waals surface area contributed by atoms with Crippen molar-refractivity contribution in [2.75, 3.05) is 13.2 Å². The predicted molar refractivity (Wildman–Crippen MR) is 67.5 cm³/mol. The van der Waals surface area contributed by atoms with Crippen LogP contribution in [-0.4, -0.2) is 25.1 Å². The molecule has 0 radical (unpaired) electrons. The predicted octanol–water partition coefficient (Wildman–Crippen LogP) is 2.34. The lowest BCUT2D eigenvalue weighted by atomic mass is 10.0. The Balaban J connectivity index is 2.84. The van der Waals surface area contributed by atoms with Gasteiger partial charge in [0.25, 0.3) is 0 Å². The van der Waals surface area contributed by atoms with E-state index in [0.29, 0.717) is 36.5 Å². The fourth-order valence-electron chi connectivity index (χ4n) is 1.47. The zero-order chi connectivity index (χ0) is 13.4. The van der Waals surface area contributed by atoms with Crippen LogP contribution in [0.1, 0.15) is 33.1 Å². The monoisotopic (exact) mass is 250 g/mol. The average Bonchev–Trinajstić information content (AvgIpc) is 2.42. The molecular weight excluding hydrogens is 232 g/mol. The van der Waals surface area contributed by atoms with Gasteiger partial charge >= 0.3 is 5.97 Å². The highest BCUT2D eigenvalue weighted by molar-refractivity contribution is 5.94. The molecule has 98 valence electrons. The van der Waals surface area contributed by atoms with Crippen LogP contribution in [0, 0.1) is 0 Å². The van der Waals surface area contributed by atoms with Gasteiger partial charge < -0.3 is 9.47 Å². The van der Waals surface area contributed by atoms with E-state index in [1.165, 1.54) is 6.08 Å². The Morgan fingerprint density at radius 3 is 2.67 bits per heavy atom. The van der Waals surface area contributed by atoms with E-state index in [9.17, 15) is 9.59 Å². The van der Waals surface area contributed by atoms with Crippen LogP contribution in [0.25, 0.3) is 0 Å². The highest BCUT2D eigenvalue weighted by Crippen LogP contribution is 2.23. The molecule has 0 N–H and O–H groups in total. The quantitative estimate of drug-likeness (QED) is 0.536. The van der Waals surface area contributed by atoms with Crippen molar-refractivity contribution in [2.24, 2.45) is 0 Å². The Labute approximate surface area is 107 Å². The number of ether oxygens (including phenoxy) is 2. The third-order valence-electron chi connectivity index (χ3n) is 2.34. The van der Waals surface area contributed by atoms with Crippen molar-refractivity contribution >= 4 is 11.9 Å². The minimum Gasteiger partial charge on any atom is -0.493 e.